The fourth-order valence-corrected chi connectivity index (χ4v) is 2.12. The molecule has 0 saturated heterocycles. The Morgan fingerprint density at radius 2 is 1.92 bits per heavy atom. The maximum absolute atomic E-state index is 2.27. The molecular formula is C12H14. The van der Waals surface area contributed by atoms with E-state index in [9.17, 15) is 0 Å². The molecule has 62 valence electrons. The Morgan fingerprint density at radius 1 is 1.17 bits per heavy atom. The average Bonchev–Trinajstić information content (AvgIpc) is 2.31. The summed E-state index contributed by atoms with van der Waals surface area (Å²) in [5.41, 5.74) is 5.73. The lowest BCUT2D eigenvalue weighted by molar-refractivity contribution is 0.972. The molecule has 0 N–H and O–H groups in total. The van der Waals surface area contributed by atoms with Gasteiger partial charge in [0.15, 0.2) is 0 Å². The molecule has 0 fully saturated rings. The van der Waals surface area contributed by atoms with Crippen LogP contribution in [0.15, 0.2) is 18.2 Å². The number of hydrogen-bond donors (Lipinski definition) is 0. The van der Waals surface area contributed by atoms with Crippen LogP contribution in [0, 0.1) is 13.8 Å². The number of aryl methyl sites for hydroxylation is 2. The molecule has 0 aromatic heterocycles. The van der Waals surface area contributed by atoms with E-state index >= 15 is 0 Å². The topological polar surface area (TPSA) is 0 Å². The van der Waals surface area contributed by atoms with Crippen LogP contribution in [0.2, 0.25) is 0 Å². The average molecular weight is 158 g/mol. The van der Waals surface area contributed by atoms with Crippen LogP contribution in [-0.4, -0.2) is 0 Å². The first kappa shape index (κ1) is 7.60. The molecule has 1 unspecified atom stereocenters. The number of fused-ring (bicyclic) bond motifs is 1. The van der Waals surface area contributed by atoms with Crippen molar-refractivity contribution in [1.82, 2.24) is 0 Å². The molecule has 0 spiro atoms. The van der Waals surface area contributed by atoms with Gasteiger partial charge in [-0.05, 0) is 30.5 Å². The summed E-state index contributed by atoms with van der Waals surface area (Å²) in [6, 6.07) is 4.53. The molecule has 0 amide bonds. The summed E-state index contributed by atoms with van der Waals surface area (Å²) in [6.07, 6.45) is 4.51. The van der Waals surface area contributed by atoms with Gasteiger partial charge in [-0.15, -0.1) is 0 Å². The van der Waals surface area contributed by atoms with Gasteiger partial charge < -0.3 is 0 Å². The predicted molar refractivity (Wildman–Crippen MR) is 53.4 cm³/mol. The molecule has 0 aliphatic heterocycles. The summed E-state index contributed by atoms with van der Waals surface area (Å²) >= 11 is 0. The minimum atomic E-state index is 0.612. The summed E-state index contributed by atoms with van der Waals surface area (Å²) in [4.78, 5) is 0. The monoisotopic (exact) mass is 158 g/mol. The molecule has 0 heterocycles. The van der Waals surface area contributed by atoms with E-state index in [2.05, 4.69) is 45.1 Å². The lowest BCUT2D eigenvalue weighted by Gasteiger charge is -2.09. The Bertz CT molecular complexity index is 345. The summed E-state index contributed by atoms with van der Waals surface area (Å²) in [5, 5.41) is 0. The van der Waals surface area contributed by atoms with Gasteiger partial charge in [0, 0.05) is 5.92 Å². The second-order valence-corrected chi connectivity index (χ2v) is 3.73. The smallest absolute Gasteiger partial charge is 0.000145 e. The van der Waals surface area contributed by atoms with Crippen LogP contribution in [0.25, 0.3) is 6.08 Å². The van der Waals surface area contributed by atoms with Crippen LogP contribution in [0.4, 0.5) is 0 Å². The van der Waals surface area contributed by atoms with Crippen molar-refractivity contribution < 1.29 is 0 Å². The van der Waals surface area contributed by atoms with Gasteiger partial charge in [0.05, 0.1) is 0 Å². The van der Waals surface area contributed by atoms with Gasteiger partial charge in [-0.2, -0.15) is 0 Å². The minimum Gasteiger partial charge on any atom is -0.0766 e. The van der Waals surface area contributed by atoms with E-state index in [4.69, 9.17) is 0 Å². The molecule has 12 heavy (non-hydrogen) atoms. The molecule has 1 aromatic carbocycles. The fraction of sp³-hybridized carbons (Fsp3) is 0.333. The molecule has 1 aliphatic carbocycles. The van der Waals surface area contributed by atoms with E-state index < -0.39 is 0 Å². The molecule has 0 saturated carbocycles. The molecule has 0 bridgehead atoms. The van der Waals surface area contributed by atoms with Crippen LogP contribution in [0.3, 0.4) is 0 Å². The van der Waals surface area contributed by atoms with E-state index in [1.807, 2.05) is 0 Å². The van der Waals surface area contributed by atoms with Crippen molar-refractivity contribution in [2.45, 2.75) is 26.7 Å². The van der Waals surface area contributed by atoms with E-state index in [-0.39, 0.29) is 0 Å². The molecular weight excluding hydrogens is 144 g/mol. The van der Waals surface area contributed by atoms with Crippen molar-refractivity contribution >= 4 is 6.08 Å². The number of benzene rings is 1. The largest absolute Gasteiger partial charge is 0.0766 e. The number of rotatable bonds is 0. The Balaban J connectivity index is 2.66. The van der Waals surface area contributed by atoms with Gasteiger partial charge in [0.25, 0.3) is 0 Å². The quantitative estimate of drug-likeness (QED) is 0.542. The summed E-state index contributed by atoms with van der Waals surface area (Å²) < 4.78 is 0. The van der Waals surface area contributed by atoms with Crippen LogP contribution < -0.4 is 0 Å². The van der Waals surface area contributed by atoms with Gasteiger partial charge in [-0.3, -0.25) is 0 Å². The third-order valence-electron chi connectivity index (χ3n) is 2.58. The van der Waals surface area contributed by atoms with Crippen molar-refractivity contribution in [2.75, 3.05) is 0 Å². The Morgan fingerprint density at radius 3 is 2.67 bits per heavy atom. The minimum absolute atomic E-state index is 0.612. The highest BCUT2D eigenvalue weighted by molar-refractivity contribution is 5.65. The zero-order valence-electron chi connectivity index (χ0n) is 7.89. The van der Waals surface area contributed by atoms with Crippen molar-refractivity contribution in [3.05, 3.63) is 40.5 Å². The highest BCUT2D eigenvalue weighted by Gasteiger charge is 2.14. The van der Waals surface area contributed by atoms with Gasteiger partial charge in [-0.25, -0.2) is 0 Å². The number of hydrogen-bond acceptors (Lipinski definition) is 0. The maximum atomic E-state index is 2.27. The normalized spacial score (nSPS) is 19.8. The Hall–Kier alpha value is -1.04. The van der Waals surface area contributed by atoms with Crippen LogP contribution >= 0.6 is 0 Å². The molecule has 0 nitrogen and oxygen atoms in total. The molecule has 1 aliphatic rings. The molecule has 1 aromatic rings. The van der Waals surface area contributed by atoms with Crippen molar-refractivity contribution in [3.8, 4) is 0 Å². The zero-order chi connectivity index (χ0) is 8.72. The lowest BCUT2D eigenvalue weighted by Crippen LogP contribution is -1.92. The van der Waals surface area contributed by atoms with Crippen molar-refractivity contribution in [2.24, 2.45) is 0 Å². The highest BCUT2D eigenvalue weighted by atomic mass is 14.2. The molecule has 0 radical (unpaired) electrons. The lowest BCUT2D eigenvalue weighted by atomic mass is 9.95. The first-order valence-electron chi connectivity index (χ1n) is 4.48. The van der Waals surface area contributed by atoms with Gasteiger partial charge in [0.2, 0.25) is 0 Å². The Labute approximate surface area is 73.9 Å². The third kappa shape index (κ3) is 0.989. The first-order valence-corrected chi connectivity index (χ1v) is 4.48. The number of allylic oxidation sites excluding steroid dienone is 1. The highest BCUT2D eigenvalue weighted by Crippen LogP contribution is 2.32. The molecule has 0 heteroatoms. The van der Waals surface area contributed by atoms with Crippen LogP contribution in [0.5, 0.6) is 0 Å². The zero-order valence-corrected chi connectivity index (χ0v) is 7.89. The Kier molecular flexibility index (Phi) is 1.57. The summed E-state index contributed by atoms with van der Waals surface area (Å²) in [7, 11) is 0. The van der Waals surface area contributed by atoms with Crippen LogP contribution in [0.1, 0.15) is 35.1 Å². The SMILES string of the molecule is Cc1cc(C)c2c(c1)C=CC2C. The van der Waals surface area contributed by atoms with E-state index in [0.29, 0.717) is 5.92 Å². The van der Waals surface area contributed by atoms with Gasteiger partial charge in [0.1, 0.15) is 0 Å². The second kappa shape index (κ2) is 2.48. The standard InChI is InChI=1S/C12H14/c1-8-6-10(3)12-9(2)4-5-11(12)7-8/h4-7,9H,1-3H3. The summed E-state index contributed by atoms with van der Waals surface area (Å²) in [6.45, 7) is 6.62. The van der Waals surface area contributed by atoms with E-state index in [1.54, 1.807) is 0 Å². The molecule has 1 atom stereocenters. The van der Waals surface area contributed by atoms with Crippen molar-refractivity contribution in [3.63, 3.8) is 0 Å². The maximum Gasteiger partial charge on any atom is 0.000145 e. The van der Waals surface area contributed by atoms with E-state index in [0.717, 1.165) is 0 Å². The van der Waals surface area contributed by atoms with Gasteiger partial charge in [-0.1, -0.05) is 36.8 Å². The summed E-state index contributed by atoms with van der Waals surface area (Å²) in [5.74, 6) is 0.612. The second-order valence-electron chi connectivity index (χ2n) is 3.73. The fourth-order valence-electron chi connectivity index (χ4n) is 2.12. The predicted octanol–water partition coefficient (Wildman–Crippen LogP) is 3.43. The van der Waals surface area contributed by atoms with Gasteiger partial charge >= 0.3 is 0 Å². The van der Waals surface area contributed by atoms with Crippen LogP contribution in [-0.2, 0) is 0 Å². The van der Waals surface area contributed by atoms with E-state index in [1.165, 1.54) is 22.3 Å². The third-order valence-corrected chi connectivity index (χ3v) is 2.58. The molecule has 2 rings (SSSR count). The first-order chi connectivity index (χ1) is 5.68. The van der Waals surface area contributed by atoms with Crippen molar-refractivity contribution in [1.29, 1.82) is 0 Å².